The third kappa shape index (κ3) is 2.97. The van der Waals surface area contributed by atoms with Crippen LogP contribution in [0.15, 0.2) is 0 Å². The topological polar surface area (TPSA) is 63.3 Å². The van der Waals surface area contributed by atoms with E-state index in [2.05, 4.69) is 0 Å². The molecule has 0 heterocycles. The Morgan fingerprint density at radius 1 is 1.29 bits per heavy atom. The molecule has 3 N–H and O–H groups in total. The Kier molecular flexibility index (Phi) is 4.36. The van der Waals surface area contributed by atoms with Gasteiger partial charge in [-0.3, -0.25) is 4.79 Å². The number of carbonyl (C=O) groups is 1. The van der Waals surface area contributed by atoms with E-state index in [1.165, 1.54) is 25.7 Å². The van der Waals surface area contributed by atoms with E-state index >= 15 is 0 Å². The number of thioether (sulfide) groups is 1. The summed E-state index contributed by atoms with van der Waals surface area (Å²) in [6.07, 6.45) is 9.04. The number of carboxylic acid groups (broad SMARTS) is 1. The molecule has 0 aromatic heterocycles. The minimum absolute atomic E-state index is 0.189. The molecule has 2 aliphatic carbocycles. The van der Waals surface area contributed by atoms with Crippen LogP contribution in [0.25, 0.3) is 0 Å². The zero-order valence-electron chi connectivity index (χ0n) is 10.4. The largest absolute Gasteiger partial charge is 0.480 e. The van der Waals surface area contributed by atoms with Crippen LogP contribution in [0.5, 0.6) is 0 Å². The maximum Gasteiger partial charge on any atom is 0.323 e. The van der Waals surface area contributed by atoms with Gasteiger partial charge in [-0.05, 0) is 43.8 Å². The van der Waals surface area contributed by atoms with E-state index in [0.717, 1.165) is 30.3 Å². The van der Waals surface area contributed by atoms with Crippen LogP contribution in [0.3, 0.4) is 0 Å². The smallest absolute Gasteiger partial charge is 0.323 e. The summed E-state index contributed by atoms with van der Waals surface area (Å²) in [6, 6.07) is 0. The lowest BCUT2D eigenvalue weighted by Gasteiger charge is -2.27. The molecule has 2 unspecified atom stereocenters. The number of hydrogen-bond acceptors (Lipinski definition) is 3. The molecule has 0 saturated heterocycles. The first-order valence-electron chi connectivity index (χ1n) is 6.77. The van der Waals surface area contributed by atoms with E-state index in [4.69, 9.17) is 5.73 Å². The highest BCUT2D eigenvalue weighted by Gasteiger charge is 2.45. The fourth-order valence-corrected chi connectivity index (χ4v) is 4.64. The number of carboxylic acids is 1. The van der Waals surface area contributed by atoms with Gasteiger partial charge >= 0.3 is 5.97 Å². The second-order valence-electron chi connectivity index (χ2n) is 5.50. The van der Waals surface area contributed by atoms with Crippen molar-refractivity contribution in [3.05, 3.63) is 0 Å². The van der Waals surface area contributed by atoms with Crippen molar-refractivity contribution in [2.45, 2.75) is 62.2 Å². The average molecular weight is 257 g/mol. The number of nitrogens with two attached hydrogens (primary N) is 1. The average Bonchev–Trinajstić information content (AvgIpc) is 2.90. The molecule has 17 heavy (non-hydrogen) atoms. The minimum Gasteiger partial charge on any atom is -0.480 e. The summed E-state index contributed by atoms with van der Waals surface area (Å²) in [4.78, 5) is 11.2. The summed E-state index contributed by atoms with van der Waals surface area (Å²) in [5.41, 5.74) is 5.10. The standard InChI is InChI=1S/C13H23NO2S/c14-13(12(15)16)8-3-4-10(13)7-9-17-11-5-1-2-6-11/h10-11H,1-9,14H2,(H,15,16). The van der Waals surface area contributed by atoms with Crippen molar-refractivity contribution in [3.63, 3.8) is 0 Å². The van der Waals surface area contributed by atoms with Crippen molar-refractivity contribution in [1.82, 2.24) is 0 Å². The van der Waals surface area contributed by atoms with Gasteiger partial charge in [0.1, 0.15) is 5.54 Å². The molecule has 0 radical (unpaired) electrons. The van der Waals surface area contributed by atoms with Crippen molar-refractivity contribution in [2.24, 2.45) is 11.7 Å². The molecule has 0 aromatic carbocycles. The molecule has 2 fully saturated rings. The molecule has 2 aliphatic rings. The second kappa shape index (κ2) is 5.61. The summed E-state index contributed by atoms with van der Waals surface area (Å²) in [6.45, 7) is 0. The molecule has 0 amide bonds. The second-order valence-corrected chi connectivity index (χ2v) is 6.91. The van der Waals surface area contributed by atoms with E-state index in [1.54, 1.807) is 0 Å². The van der Waals surface area contributed by atoms with E-state index in [9.17, 15) is 9.90 Å². The monoisotopic (exact) mass is 257 g/mol. The lowest BCUT2D eigenvalue weighted by Crippen LogP contribution is -2.51. The van der Waals surface area contributed by atoms with Crippen LogP contribution in [0.4, 0.5) is 0 Å². The van der Waals surface area contributed by atoms with Gasteiger partial charge in [-0.25, -0.2) is 0 Å². The van der Waals surface area contributed by atoms with Gasteiger partial charge in [-0.2, -0.15) is 11.8 Å². The Hall–Kier alpha value is -0.220. The fourth-order valence-electron chi connectivity index (χ4n) is 3.22. The third-order valence-electron chi connectivity index (χ3n) is 4.39. The van der Waals surface area contributed by atoms with Crippen LogP contribution >= 0.6 is 11.8 Å². The summed E-state index contributed by atoms with van der Waals surface area (Å²) < 4.78 is 0. The van der Waals surface area contributed by atoms with Gasteiger partial charge in [0.2, 0.25) is 0 Å². The molecule has 4 heteroatoms. The molecular weight excluding hydrogens is 234 g/mol. The lowest BCUT2D eigenvalue weighted by molar-refractivity contribution is -0.144. The highest BCUT2D eigenvalue weighted by atomic mass is 32.2. The first-order chi connectivity index (χ1) is 8.13. The molecule has 0 aromatic rings. The summed E-state index contributed by atoms with van der Waals surface area (Å²) in [5, 5.41) is 10.0. The van der Waals surface area contributed by atoms with Crippen molar-refractivity contribution in [1.29, 1.82) is 0 Å². The Labute approximate surface area is 108 Å². The first-order valence-corrected chi connectivity index (χ1v) is 7.81. The van der Waals surface area contributed by atoms with Gasteiger partial charge in [0.05, 0.1) is 0 Å². The van der Waals surface area contributed by atoms with Gasteiger partial charge < -0.3 is 10.8 Å². The van der Waals surface area contributed by atoms with E-state index in [0.29, 0.717) is 6.42 Å². The predicted molar refractivity (Wildman–Crippen MR) is 71.2 cm³/mol. The molecule has 0 spiro atoms. The van der Waals surface area contributed by atoms with E-state index in [1.807, 2.05) is 11.8 Å². The van der Waals surface area contributed by atoms with Crippen LogP contribution in [-0.4, -0.2) is 27.6 Å². The maximum absolute atomic E-state index is 11.2. The Bertz CT molecular complexity index is 279. The normalized spacial score (nSPS) is 34.3. The van der Waals surface area contributed by atoms with Gasteiger partial charge in [-0.15, -0.1) is 0 Å². The molecule has 2 rings (SSSR count). The van der Waals surface area contributed by atoms with E-state index in [-0.39, 0.29) is 5.92 Å². The number of rotatable bonds is 5. The van der Waals surface area contributed by atoms with Gasteiger partial charge in [-0.1, -0.05) is 19.3 Å². The summed E-state index contributed by atoms with van der Waals surface area (Å²) in [5.74, 6) is 0.474. The maximum atomic E-state index is 11.2. The van der Waals surface area contributed by atoms with Crippen LogP contribution in [-0.2, 0) is 4.79 Å². The molecule has 0 aliphatic heterocycles. The lowest BCUT2D eigenvalue weighted by atomic mass is 9.86. The highest BCUT2D eigenvalue weighted by Crippen LogP contribution is 2.38. The van der Waals surface area contributed by atoms with Crippen molar-refractivity contribution in [2.75, 3.05) is 5.75 Å². The Morgan fingerprint density at radius 2 is 2.00 bits per heavy atom. The van der Waals surface area contributed by atoms with Gasteiger partial charge in [0, 0.05) is 5.25 Å². The number of aliphatic carboxylic acids is 1. The minimum atomic E-state index is -0.934. The zero-order valence-corrected chi connectivity index (χ0v) is 11.2. The summed E-state index contributed by atoms with van der Waals surface area (Å²) in [7, 11) is 0. The van der Waals surface area contributed by atoms with Crippen LogP contribution in [0.1, 0.15) is 51.4 Å². The summed E-state index contributed by atoms with van der Waals surface area (Å²) >= 11 is 2.03. The molecule has 98 valence electrons. The van der Waals surface area contributed by atoms with Gasteiger partial charge in [0.25, 0.3) is 0 Å². The molecule has 2 saturated carbocycles. The fraction of sp³-hybridized carbons (Fsp3) is 0.923. The Balaban J connectivity index is 1.76. The third-order valence-corrected chi connectivity index (χ3v) is 5.81. The molecular formula is C13H23NO2S. The van der Waals surface area contributed by atoms with Crippen molar-refractivity contribution >= 4 is 17.7 Å². The van der Waals surface area contributed by atoms with Crippen LogP contribution < -0.4 is 5.73 Å². The van der Waals surface area contributed by atoms with Gasteiger partial charge in [0.15, 0.2) is 0 Å². The number of hydrogen-bond donors (Lipinski definition) is 2. The molecule has 0 bridgehead atoms. The Morgan fingerprint density at radius 3 is 2.65 bits per heavy atom. The van der Waals surface area contributed by atoms with Crippen LogP contribution in [0, 0.1) is 5.92 Å². The molecule has 3 nitrogen and oxygen atoms in total. The SMILES string of the molecule is NC1(C(=O)O)CCCC1CCSC1CCCC1. The quantitative estimate of drug-likeness (QED) is 0.794. The van der Waals surface area contributed by atoms with Crippen LogP contribution in [0.2, 0.25) is 0 Å². The zero-order chi connectivity index (χ0) is 12.3. The van der Waals surface area contributed by atoms with E-state index < -0.39 is 11.5 Å². The predicted octanol–water partition coefficient (Wildman–Crippen LogP) is 2.63. The van der Waals surface area contributed by atoms with Crippen molar-refractivity contribution in [3.8, 4) is 0 Å². The first kappa shape index (κ1) is 13.2. The highest BCUT2D eigenvalue weighted by molar-refractivity contribution is 7.99. The molecule has 2 atom stereocenters. The van der Waals surface area contributed by atoms with Crippen molar-refractivity contribution < 1.29 is 9.90 Å².